The highest BCUT2D eigenvalue weighted by Crippen LogP contribution is 2.09. The third-order valence-electron chi connectivity index (χ3n) is 2.32. The Bertz CT molecular complexity index is 275. The quantitative estimate of drug-likeness (QED) is 0.777. The van der Waals surface area contributed by atoms with Gasteiger partial charge in [-0.25, -0.2) is 0 Å². The van der Waals surface area contributed by atoms with Gasteiger partial charge in [0.25, 0.3) is 0 Å². The van der Waals surface area contributed by atoms with Gasteiger partial charge in [-0.15, -0.1) is 0 Å². The lowest BCUT2D eigenvalue weighted by atomic mass is 10.1. The molecule has 0 bridgehead atoms. The highest BCUT2D eigenvalue weighted by atomic mass is 16.3. The molecule has 0 amide bonds. The average Bonchev–Trinajstić information content (AvgIpc) is 2.66. The van der Waals surface area contributed by atoms with Crippen molar-refractivity contribution < 1.29 is 4.42 Å². The number of hydrogen-bond donors (Lipinski definition) is 1. The number of rotatable bonds is 5. The van der Waals surface area contributed by atoms with Crippen LogP contribution in [0.1, 0.15) is 32.8 Å². The third kappa shape index (κ3) is 3.38. The molecule has 0 aliphatic heterocycles. The van der Waals surface area contributed by atoms with Gasteiger partial charge >= 0.3 is 0 Å². The van der Waals surface area contributed by atoms with Crippen molar-refractivity contribution >= 4 is 6.08 Å². The van der Waals surface area contributed by atoms with Crippen LogP contribution in [0.15, 0.2) is 28.6 Å². The summed E-state index contributed by atoms with van der Waals surface area (Å²) in [7, 11) is 0. The van der Waals surface area contributed by atoms with E-state index >= 15 is 0 Å². The zero-order chi connectivity index (χ0) is 10.4. The Hall–Kier alpha value is -1.02. The zero-order valence-corrected chi connectivity index (χ0v) is 9.21. The summed E-state index contributed by atoms with van der Waals surface area (Å²) in [6.07, 6.45) is 6.78. The monoisotopic (exact) mass is 193 g/mol. The zero-order valence-electron chi connectivity index (χ0n) is 9.21. The topological polar surface area (TPSA) is 25.2 Å². The lowest BCUT2D eigenvalue weighted by Gasteiger charge is -2.13. The molecule has 1 heterocycles. The summed E-state index contributed by atoms with van der Waals surface area (Å²) in [6.45, 7) is 7.56. The first-order chi connectivity index (χ1) is 6.74. The van der Waals surface area contributed by atoms with E-state index in [-0.39, 0.29) is 0 Å². The molecule has 0 fully saturated rings. The van der Waals surface area contributed by atoms with E-state index in [1.807, 2.05) is 6.07 Å². The van der Waals surface area contributed by atoms with Crippen molar-refractivity contribution in [2.45, 2.75) is 33.2 Å². The third-order valence-corrected chi connectivity index (χ3v) is 2.32. The largest absolute Gasteiger partial charge is 0.472 e. The van der Waals surface area contributed by atoms with Crippen molar-refractivity contribution in [3.63, 3.8) is 0 Å². The minimum absolute atomic E-state index is 0.435. The second-order valence-corrected chi connectivity index (χ2v) is 3.62. The Labute approximate surface area is 86.0 Å². The van der Waals surface area contributed by atoms with E-state index in [2.05, 4.69) is 32.2 Å². The van der Waals surface area contributed by atoms with Crippen LogP contribution in [-0.2, 0) is 0 Å². The normalized spacial score (nSPS) is 14.4. The summed E-state index contributed by atoms with van der Waals surface area (Å²) in [6, 6.07) is 2.40. The molecule has 1 atom stereocenters. The van der Waals surface area contributed by atoms with Crippen molar-refractivity contribution in [2.75, 3.05) is 6.54 Å². The van der Waals surface area contributed by atoms with Gasteiger partial charge in [0.1, 0.15) is 0 Å². The smallest absolute Gasteiger partial charge is 0.0974 e. The van der Waals surface area contributed by atoms with Crippen LogP contribution in [0.25, 0.3) is 6.08 Å². The molecule has 2 heteroatoms. The molecule has 0 saturated heterocycles. The summed E-state index contributed by atoms with van der Waals surface area (Å²) in [5.41, 5.74) is 2.47. The van der Waals surface area contributed by atoms with E-state index in [0.717, 1.165) is 12.1 Å². The Balaban J connectivity index is 2.51. The molecule has 0 aromatic carbocycles. The molecule has 0 aliphatic carbocycles. The summed E-state index contributed by atoms with van der Waals surface area (Å²) in [4.78, 5) is 0. The first kappa shape index (κ1) is 11.1. The first-order valence-corrected chi connectivity index (χ1v) is 5.17. The van der Waals surface area contributed by atoms with E-state index in [1.54, 1.807) is 12.5 Å². The number of furan rings is 1. The SMILES string of the molecule is CCCNC(C)/C(C)=C/c1ccoc1. The number of hydrogen-bond acceptors (Lipinski definition) is 2. The second kappa shape index (κ2) is 5.66. The highest BCUT2D eigenvalue weighted by Gasteiger charge is 2.02. The Morgan fingerprint density at radius 3 is 3.00 bits per heavy atom. The van der Waals surface area contributed by atoms with E-state index in [0.29, 0.717) is 6.04 Å². The Morgan fingerprint density at radius 2 is 2.43 bits per heavy atom. The van der Waals surface area contributed by atoms with Crippen LogP contribution >= 0.6 is 0 Å². The Morgan fingerprint density at radius 1 is 1.64 bits per heavy atom. The maximum Gasteiger partial charge on any atom is 0.0974 e. The van der Waals surface area contributed by atoms with Crippen molar-refractivity contribution in [3.05, 3.63) is 29.7 Å². The van der Waals surface area contributed by atoms with E-state index < -0.39 is 0 Å². The van der Waals surface area contributed by atoms with Gasteiger partial charge in [-0.2, -0.15) is 0 Å². The summed E-state index contributed by atoms with van der Waals surface area (Å²) in [5, 5.41) is 3.45. The molecule has 0 spiro atoms. The van der Waals surface area contributed by atoms with E-state index in [4.69, 9.17) is 4.42 Å². The van der Waals surface area contributed by atoms with Gasteiger partial charge in [0.05, 0.1) is 12.5 Å². The van der Waals surface area contributed by atoms with Crippen molar-refractivity contribution in [2.24, 2.45) is 0 Å². The fraction of sp³-hybridized carbons (Fsp3) is 0.500. The van der Waals surface area contributed by atoms with Gasteiger partial charge in [0.2, 0.25) is 0 Å². The van der Waals surface area contributed by atoms with Crippen LogP contribution in [0.5, 0.6) is 0 Å². The van der Waals surface area contributed by atoms with Crippen molar-refractivity contribution in [1.29, 1.82) is 0 Å². The summed E-state index contributed by atoms with van der Waals surface area (Å²) >= 11 is 0. The van der Waals surface area contributed by atoms with Gasteiger partial charge in [0, 0.05) is 11.6 Å². The molecular formula is C12H19NO. The average molecular weight is 193 g/mol. The molecule has 1 rings (SSSR count). The van der Waals surface area contributed by atoms with Crippen LogP contribution in [0.4, 0.5) is 0 Å². The summed E-state index contributed by atoms with van der Waals surface area (Å²) < 4.78 is 5.01. The van der Waals surface area contributed by atoms with Gasteiger partial charge < -0.3 is 9.73 Å². The van der Waals surface area contributed by atoms with E-state index in [1.165, 1.54) is 12.0 Å². The predicted octanol–water partition coefficient (Wildman–Crippen LogP) is 3.07. The molecule has 1 aromatic rings. The first-order valence-electron chi connectivity index (χ1n) is 5.17. The standard InChI is InChI=1S/C12H19NO/c1-4-6-13-11(3)10(2)8-12-5-7-14-9-12/h5,7-9,11,13H,4,6H2,1-3H3/b10-8+. The molecule has 0 saturated carbocycles. The number of nitrogens with one attached hydrogen (secondary N) is 1. The predicted molar refractivity (Wildman–Crippen MR) is 60.1 cm³/mol. The van der Waals surface area contributed by atoms with E-state index in [9.17, 15) is 0 Å². The van der Waals surface area contributed by atoms with Crippen LogP contribution in [0, 0.1) is 0 Å². The van der Waals surface area contributed by atoms with Gasteiger partial charge in [-0.3, -0.25) is 0 Å². The fourth-order valence-electron chi connectivity index (χ4n) is 1.27. The Kier molecular flexibility index (Phi) is 4.47. The minimum Gasteiger partial charge on any atom is -0.472 e. The molecule has 2 nitrogen and oxygen atoms in total. The molecule has 1 N–H and O–H groups in total. The molecule has 78 valence electrons. The minimum atomic E-state index is 0.435. The lowest BCUT2D eigenvalue weighted by molar-refractivity contribution is 0.566. The van der Waals surface area contributed by atoms with Gasteiger partial charge in [-0.1, -0.05) is 18.6 Å². The van der Waals surface area contributed by atoms with Crippen LogP contribution in [-0.4, -0.2) is 12.6 Å². The van der Waals surface area contributed by atoms with Crippen LogP contribution in [0.2, 0.25) is 0 Å². The molecule has 14 heavy (non-hydrogen) atoms. The fourth-order valence-corrected chi connectivity index (χ4v) is 1.27. The van der Waals surface area contributed by atoms with Crippen molar-refractivity contribution in [1.82, 2.24) is 5.32 Å². The van der Waals surface area contributed by atoms with Crippen LogP contribution in [0.3, 0.4) is 0 Å². The maximum atomic E-state index is 5.01. The maximum absolute atomic E-state index is 5.01. The highest BCUT2D eigenvalue weighted by molar-refractivity contribution is 5.51. The molecule has 0 aliphatic rings. The van der Waals surface area contributed by atoms with Crippen molar-refractivity contribution in [3.8, 4) is 0 Å². The molecule has 0 radical (unpaired) electrons. The van der Waals surface area contributed by atoms with Gasteiger partial charge in [-0.05, 0) is 32.9 Å². The van der Waals surface area contributed by atoms with Gasteiger partial charge in [0.15, 0.2) is 0 Å². The van der Waals surface area contributed by atoms with Crippen LogP contribution < -0.4 is 5.32 Å². The lowest BCUT2D eigenvalue weighted by Crippen LogP contribution is -2.27. The second-order valence-electron chi connectivity index (χ2n) is 3.62. The molecular weight excluding hydrogens is 174 g/mol. The molecule has 1 unspecified atom stereocenters. The summed E-state index contributed by atoms with van der Waals surface area (Å²) in [5.74, 6) is 0. The molecule has 1 aromatic heterocycles.